The van der Waals surface area contributed by atoms with Gasteiger partial charge in [0.1, 0.15) is 5.01 Å². The van der Waals surface area contributed by atoms with Crippen LogP contribution < -0.4 is 5.32 Å². The number of carbonyl (C=O) groups excluding carboxylic acids is 2. The maximum absolute atomic E-state index is 12.4. The molecular formula is C17H28N4O2S. The molecule has 0 aliphatic carbocycles. The highest BCUT2D eigenvalue weighted by Crippen LogP contribution is 2.28. The zero-order valence-electron chi connectivity index (χ0n) is 15.3. The second-order valence-corrected chi connectivity index (χ2v) is 8.62. The number of hydrogen-bond donors (Lipinski definition) is 1. The molecule has 2 rings (SSSR count). The Morgan fingerprint density at radius 2 is 1.79 bits per heavy atom. The summed E-state index contributed by atoms with van der Waals surface area (Å²) >= 11 is 1.38. The SMILES string of the molecule is C[C@@H]1CCC[C@@H](C)N1C(=O)CCC(=O)Nc1nnc(C(C)(C)C)s1. The van der Waals surface area contributed by atoms with Crippen LogP contribution in [0.2, 0.25) is 0 Å². The molecule has 0 bridgehead atoms. The summed E-state index contributed by atoms with van der Waals surface area (Å²) in [5, 5.41) is 12.2. The number of likely N-dealkylation sites (tertiary alicyclic amines) is 1. The lowest BCUT2D eigenvalue weighted by atomic mass is 9.97. The van der Waals surface area contributed by atoms with E-state index in [2.05, 4.69) is 50.1 Å². The lowest BCUT2D eigenvalue weighted by Gasteiger charge is -2.39. The lowest BCUT2D eigenvalue weighted by molar-refractivity contribution is -0.138. The van der Waals surface area contributed by atoms with Gasteiger partial charge in [0.05, 0.1) is 0 Å². The average Bonchev–Trinajstić information content (AvgIpc) is 2.93. The Balaban J connectivity index is 1.84. The fourth-order valence-corrected chi connectivity index (χ4v) is 3.84. The van der Waals surface area contributed by atoms with Gasteiger partial charge in [-0.25, -0.2) is 0 Å². The Morgan fingerprint density at radius 1 is 1.17 bits per heavy atom. The summed E-state index contributed by atoms with van der Waals surface area (Å²) in [6, 6.07) is 0.531. The number of amides is 2. The van der Waals surface area contributed by atoms with Crippen molar-refractivity contribution in [3.63, 3.8) is 0 Å². The van der Waals surface area contributed by atoms with Gasteiger partial charge in [-0.05, 0) is 33.1 Å². The van der Waals surface area contributed by atoms with Gasteiger partial charge in [0.15, 0.2) is 0 Å². The van der Waals surface area contributed by atoms with Crippen LogP contribution in [0.4, 0.5) is 5.13 Å². The van der Waals surface area contributed by atoms with Gasteiger partial charge < -0.3 is 10.2 Å². The molecule has 2 atom stereocenters. The molecule has 1 aromatic rings. The van der Waals surface area contributed by atoms with E-state index in [1.165, 1.54) is 17.8 Å². The van der Waals surface area contributed by atoms with E-state index in [1.807, 2.05) is 4.90 Å². The molecule has 0 unspecified atom stereocenters. The highest BCUT2D eigenvalue weighted by molar-refractivity contribution is 7.15. The van der Waals surface area contributed by atoms with Crippen molar-refractivity contribution in [2.45, 2.75) is 84.2 Å². The third-order valence-corrected chi connectivity index (χ3v) is 5.62. The fourth-order valence-electron chi connectivity index (χ4n) is 3.02. The molecule has 1 N–H and O–H groups in total. The van der Waals surface area contributed by atoms with E-state index in [-0.39, 0.29) is 42.2 Å². The van der Waals surface area contributed by atoms with Crippen LogP contribution >= 0.6 is 11.3 Å². The number of hydrogen-bond acceptors (Lipinski definition) is 5. The summed E-state index contributed by atoms with van der Waals surface area (Å²) in [5.41, 5.74) is -0.0862. The summed E-state index contributed by atoms with van der Waals surface area (Å²) in [5.74, 6) is -0.116. The van der Waals surface area contributed by atoms with Crippen molar-refractivity contribution in [1.82, 2.24) is 15.1 Å². The fraction of sp³-hybridized carbons (Fsp3) is 0.765. The summed E-state index contributed by atoms with van der Waals surface area (Å²) in [4.78, 5) is 26.5. The lowest BCUT2D eigenvalue weighted by Crippen LogP contribution is -2.47. The van der Waals surface area contributed by atoms with Crippen molar-refractivity contribution in [2.24, 2.45) is 0 Å². The highest BCUT2D eigenvalue weighted by Gasteiger charge is 2.29. The Labute approximate surface area is 148 Å². The largest absolute Gasteiger partial charge is 0.337 e. The third kappa shape index (κ3) is 4.75. The normalized spacial score (nSPS) is 21.6. The van der Waals surface area contributed by atoms with Crippen LogP contribution in [0.25, 0.3) is 0 Å². The zero-order valence-corrected chi connectivity index (χ0v) is 16.1. The topological polar surface area (TPSA) is 75.2 Å². The number of rotatable bonds is 4. The van der Waals surface area contributed by atoms with Gasteiger partial charge in [-0.2, -0.15) is 0 Å². The van der Waals surface area contributed by atoms with Crippen molar-refractivity contribution in [3.8, 4) is 0 Å². The van der Waals surface area contributed by atoms with Crippen molar-refractivity contribution in [2.75, 3.05) is 5.32 Å². The minimum Gasteiger partial charge on any atom is -0.337 e. The zero-order chi connectivity index (χ0) is 17.9. The third-order valence-electron chi connectivity index (χ3n) is 4.36. The van der Waals surface area contributed by atoms with E-state index in [1.54, 1.807) is 0 Å². The first-order valence-corrected chi connectivity index (χ1v) is 9.45. The molecule has 1 aromatic heterocycles. The number of nitrogens with one attached hydrogen (secondary N) is 1. The van der Waals surface area contributed by atoms with Crippen molar-refractivity contribution < 1.29 is 9.59 Å². The first-order valence-electron chi connectivity index (χ1n) is 8.63. The monoisotopic (exact) mass is 352 g/mol. The molecular weight excluding hydrogens is 324 g/mol. The number of nitrogens with zero attached hydrogens (tertiary/aromatic N) is 3. The van der Waals surface area contributed by atoms with Crippen LogP contribution in [-0.2, 0) is 15.0 Å². The molecule has 1 fully saturated rings. The van der Waals surface area contributed by atoms with E-state index in [9.17, 15) is 9.59 Å². The Morgan fingerprint density at radius 3 is 2.33 bits per heavy atom. The quantitative estimate of drug-likeness (QED) is 0.902. The predicted octanol–water partition coefficient (Wildman–Crippen LogP) is 3.34. The van der Waals surface area contributed by atoms with Crippen molar-refractivity contribution in [3.05, 3.63) is 5.01 Å². The molecule has 1 saturated heterocycles. The average molecular weight is 353 g/mol. The molecule has 24 heavy (non-hydrogen) atoms. The molecule has 6 nitrogen and oxygen atoms in total. The van der Waals surface area contributed by atoms with E-state index < -0.39 is 0 Å². The van der Waals surface area contributed by atoms with Crippen LogP contribution in [0.15, 0.2) is 0 Å². The van der Waals surface area contributed by atoms with Crippen LogP contribution in [0.1, 0.15) is 71.7 Å². The number of piperidine rings is 1. The molecule has 2 heterocycles. The van der Waals surface area contributed by atoms with E-state index in [4.69, 9.17) is 0 Å². The minimum absolute atomic E-state index is 0.0671. The predicted molar refractivity (Wildman–Crippen MR) is 96.1 cm³/mol. The van der Waals surface area contributed by atoms with Crippen LogP contribution in [-0.4, -0.2) is 39.0 Å². The Hall–Kier alpha value is -1.50. The van der Waals surface area contributed by atoms with Gasteiger partial charge >= 0.3 is 0 Å². The van der Waals surface area contributed by atoms with Gasteiger partial charge in [-0.3, -0.25) is 9.59 Å². The van der Waals surface area contributed by atoms with Crippen LogP contribution in [0.5, 0.6) is 0 Å². The summed E-state index contributed by atoms with van der Waals surface area (Å²) in [6.07, 6.45) is 3.68. The Bertz CT molecular complexity index is 584. The molecule has 1 aliphatic rings. The minimum atomic E-state index is -0.183. The molecule has 0 aromatic carbocycles. The molecule has 1 aliphatic heterocycles. The van der Waals surface area contributed by atoms with E-state index in [0.717, 1.165) is 17.8 Å². The molecule has 134 valence electrons. The van der Waals surface area contributed by atoms with Gasteiger partial charge in [0, 0.05) is 30.3 Å². The maximum Gasteiger partial charge on any atom is 0.226 e. The second kappa shape index (κ2) is 7.59. The van der Waals surface area contributed by atoms with E-state index in [0.29, 0.717) is 5.13 Å². The van der Waals surface area contributed by atoms with Gasteiger partial charge in [0.2, 0.25) is 16.9 Å². The van der Waals surface area contributed by atoms with Crippen LogP contribution in [0, 0.1) is 0 Å². The maximum atomic E-state index is 12.4. The molecule has 0 saturated carbocycles. The van der Waals surface area contributed by atoms with Gasteiger partial charge in [-0.1, -0.05) is 32.1 Å². The Kier molecular flexibility index (Phi) is 5.96. The standard InChI is InChI=1S/C17H28N4O2S/c1-11-7-6-8-12(2)21(11)14(23)10-9-13(22)18-16-20-19-15(24-16)17(3,4)5/h11-12H,6-10H2,1-5H3,(H,18,20,22)/t11-,12-/m1/s1. The summed E-state index contributed by atoms with van der Waals surface area (Å²) < 4.78 is 0. The van der Waals surface area contributed by atoms with E-state index >= 15 is 0 Å². The molecule has 0 spiro atoms. The first-order chi connectivity index (χ1) is 11.2. The number of aromatic nitrogens is 2. The van der Waals surface area contributed by atoms with Crippen LogP contribution in [0.3, 0.4) is 0 Å². The molecule has 0 radical (unpaired) electrons. The number of carbonyl (C=O) groups is 2. The van der Waals surface area contributed by atoms with Gasteiger partial charge in [-0.15, -0.1) is 10.2 Å². The second-order valence-electron chi connectivity index (χ2n) is 7.64. The first kappa shape index (κ1) is 18.8. The summed E-state index contributed by atoms with van der Waals surface area (Å²) in [6.45, 7) is 10.3. The summed E-state index contributed by atoms with van der Waals surface area (Å²) in [7, 11) is 0. The van der Waals surface area contributed by atoms with Crippen molar-refractivity contribution >= 4 is 28.3 Å². The highest BCUT2D eigenvalue weighted by atomic mass is 32.1. The molecule has 2 amide bonds. The molecule has 7 heteroatoms. The number of anilines is 1. The van der Waals surface area contributed by atoms with Gasteiger partial charge in [0.25, 0.3) is 0 Å². The smallest absolute Gasteiger partial charge is 0.226 e. The van der Waals surface area contributed by atoms with Crippen molar-refractivity contribution in [1.29, 1.82) is 0 Å².